The molecule has 0 bridgehead atoms. The predicted octanol–water partition coefficient (Wildman–Crippen LogP) is 2.32. The maximum absolute atomic E-state index is 11.1. The Morgan fingerprint density at radius 2 is 2.24 bits per heavy atom. The number of carboxylic acid groups (broad SMARTS) is 1. The molecule has 0 aromatic carbocycles. The lowest BCUT2D eigenvalue weighted by molar-refractivity contribution is 0.0694. The highest BCUT2D eigenvalue weighted by Crippen LogP contribution is 2.26. The van der Waals surface area contributed by atoms with E-state index in [1.165, 1.54) is 11.8 Å². The Bertz CT molecular complexity index is 402. The van der Waals surface area contributed by atoms with E-state index >= 15 is 0 Å². The van der Waals surface area contributed by atoms with Crippen LogP contribution in [0.2, 0.25) is 0 Å². The standard InChI is InChI=1S/C11H19N3O2S/c1-4-17-10-8(11(15)16)9(12)14(13-10)6-5-7(2)3/h7H,4-6,12H2,1-3H3,(H,15,16). The fourth-order valence-corrected chi connectivity index (χ4v) is 2.21. The number of hydrogen-bond acceptors (Lipinski definition) is 4. The molecule has 0 saturated heterocycles. The van der Waals surface area contributed by atoms with Crippen molar-refractivity contribution in [2.45, 2.75) is 38.8 Å². The second-order valence-corrected chi connectivity index (χ2v) is 5.46. The van der Waals surface area contributed by atoms with Gasteiger partial charge in [0.05, 0.1) is 0 Å². The largest absolute Gasteiger partial charge is 0.477 e. The van der Waals surface area contributed by atoms with Crippen LogP contribution in [0.3, 0.4) is 0 Å². The lowest BCUT2D eigenvalue weighted by atomic mass is 10.1. The molecule has 0 aliphatic carbocycles. The van der Waals surface area contributed by atoms with Gasteiger partial charge < -0.3 is 10.8 Å². The highest BCUT2D eigenvalue weighted by Gasteiger charge is 2.21. The molecule has 17 heavy (non-hydrogen) atoms. The third kappa shape index (κ3) is 3.39. The van der Waals surface area contributed by atoms with Crippen LogP contribution in [0.15, 0.2) is 5.03 Å². The van der Waals surface area contributed by atoms with E-state index in [1.807, 2.05) is 6.92 Å². The van der Waals surface area contributed by atoms with Gasteiger partial charge in [0, 0.05) is 6.54 Å². The molecule has 0 aliphatic heterocycles. The number of nitrogens with two attached hydrogens (primary N) is 1. The van der Waals surface area contributed by atoms with Crippen LogP contribution >= 0.6 is 11.8 Å². The molecule has 1 aromatic rings. The lowest BCUT2D eigenvalue weighted by Crippen LogP contribution is -2.09. The van der Waals surface area contributed by atoms with Gasteiger partial charge in [-0.25, -0.2) is 9.48 Å². The molecule has 1 heterocycles. The Hall–Kier alpha value is -1.17. The van der Waals surface area contributed by atoms with E-state index in [4.69, 9.17) is 10.8 Å². The summed E-state index contributed by atoms with van der Waals surface area (Å²) in [7, 11) is 0. The fraction of sp³-hybridized carbons (Fsp3) is 0.636. The zero-order chi connectivity index (χ0) is 13.0. The predicted molar refractivity (Wildman–Crippen MR) is 69.5 cm³/mol. The van der Waals surface area contributed by atoms with Crippen molar-refractivity contribution in [2.75, 3.05) is 11.5 Å². The van der Waals surface area contributed by atoms with Crippen LogP contribution in [0.4, 0.5) is 5.82 Å². The fourth-order valence-electron chi connectivity index (χ4n) is 1.44. The number of aromatic carboxylic acids is 1. The summed E-state index contributed by atoms with van der Waals surface area (Å²) in [4.78, 5) is 11.1. The molecule has 0 amide bonds. The first-order chi connectivity index (χ1) is 7.97. The lowest BCUT2D eigenvalue weighted by Gasteiger charge is -2.06. The summed E-state index contributed by atoms with van der Waals surface area (Å²) in [5.74, 6) is 0.568. The first-order valence-electron chi connectivity index (χ1n) is 5.69. The first kappa shape index (κ1) is 13.9. The Morgan fingerprint density at radius 1 is 1.59 bits per heavy atom. The van der Waals surface area contributed by atoms with Crippen LogP contribution in [-0.4, -0.2) is 26.6 Å². The molecule has 0 aliphatic rings. The van der Waals surface area contributed by atoms with Crippen LogP contribution in [0.25, 0.3) is 0 Å². The SMILES string of the molecule is CCSc1nn(CCC(C)C)c(N)c1C(=O)O. The quantitative estimate of drug-likeness (QED) is 0.764. The van der Waals surface area contributed by atoms with Gasteiger partial charge in [0.25, 0.3) is 0 Å². The van der Waals surface area contributed by atoms with Crippen molar-refractivity contribution in [1.82, 2.24) is 9.78 Å². The second-order valence-electron chi connectivity index (χ2n) is 4.21. The summed E-state index contributed by atoms with van der Waals surface area (Å²) in [5.41, 5.74) is 5.97. The molecule has 0 radical (unpaired) electrons. The zero-order valence-electron chi connectivity index (χ0n) is 10.4. The van der Waals surface area contributed by atoms with E-state index in [-0.39, 0.29) is 11.4 Å². The Balaban J connectivity index is 2.99. The molecule has 0 saturated carbocycles. The van der Waals surface area contributed by atoms with Crippen molar-refractivity contribution in [3.05, 3.63) is 5.56 Å². The van der Waals surface area contributed by atoms with Crippen LogP contribution in [-0.2, 0) is 6.54 Å². The van der Waals surface area contributed by atoms with Crippen LogP contribution in [0.1, 0.15) is 37.6 Å². The molecule has 0 spiro atoms. The molecule has 1 aromatic heterocycles. The number of thioether (sulfide) groups is 1. The van der Waals surface area contributed by atoms with E-state index in [0.717, 1.165) is 12.2 Å². The van der Waals surface area contributed by atoms with Gasteiger partial charge in [0.2, 0.25) is 0 Å². The van der Waals surface area contributed by atoms with Crippen molar-refractivity contribution in [3.63, 3.8) is 0 Å². The smallest absolute Gasteiger partial charge is 0.342 e. The van der Waals surface area contributed by atoms with Gasteiger partial charge in [-0.15, -0.1) is 11.8 Å². The Labute approximate surface area is 105 Å². The third-order valence-electron chi connectivity index (χ3n) is 2.37. The summed E-state index contributed by atoms with van der Waals surface area (Å²) in [6.45, 7) is 6.84. The third-order valence-corrected chi connectivity index (χ3v) is 3.22. The minimum Gasteiger partial charge on any atom is -0.477 e. The van der Waals surface area contributed by atoms with E-state index < -0.39 is 5.97 Å². The molecule has 0 unspecified atom stereocenters. The maximum Gasteiger partial charge on any atom is 0.342 e. The van der Waals surface area contributed by atoms with E-state index in [2.05, 4.69) is 18.9 Å². The van der Waals surface area contributed by atoms with Gasteiger partial charge in [0.1, 0.15) is 16.4 Å². The summed E-state index contributed by atoms with van der Waals surface area (Å²) >= 11 is 1.41. The Morgan fingerprint density at radius 3 is 2.71 bits per heavy atom. The summed E-state index contributed by atoms with van der Waals surface area (Å²) < 4.78 is 1.60. The number of rotatable bonds is 6. The first-order valence-corrected chi connectivity index (χ1v) is 6.68. The van der Waals surface area contributed by atoms with Crippen LogP contribution in [0, 0.1) is 5.92 Å². The number of anilines is 1. The normalized spacial score (nSPS) is 11.1. The number of hydrogen-bond donors (Lipinski definition) is 2. The minimum atomic E-state index is -1.01. The summed E-state index contributed by atoms with van der Waals surface area (Å²) in [6, 6.07) is 0. The average Bonchev–Trinajstić information content (AvgIpc) is 2.52. The molecular weight excluding hydrogens is 238 g/mol. The van der Waals surface area contributed by atoms with E-state index in [1.54, 1.807) is 4.68 Å². The Kier molecular flexibility index (Phi) is 4.86. The molecule has 1 rings (SSSR count). The number of aromatic nitrogens is 2. The number of aryl methyl sites for hydroxylation is 1. The molecule has 5 nitrogen and oxygen atoms in total. The molecule has 96 valence electrons. The second kappa shape index (κ2) is 5.95. The molecule has 6 heteroatoms. The maximum atomic E-state index is 11.1. The van der Waals surface area contributed by atoms with Gasteiger partial charge in [-0.2, -0.15) is 5.10 Å². The van der Waals surface area contributed by atoms with Crippen molar-refractivity contribution < 1.29 is 9.90 Å². The van der Waals surface area contributed by atoms with E-state index in [0.29, 0.717) is 17.5 Å². The monoisotopic (exact) mass is 257 g/mol. The molecular formula is C11H19N3O2S. The van der Waals surface area contributed by atoms with Crippen LogP contribution in [0.5, 0.6) is 0 Å². The minimum absolute atomic E-state index is 0.139. The molecule has 0 fully saturated rings. The number of carbonyl (C=O) groups is 1. The van der Waals surface area contributed by atoms with Gasteiger partial charge in [-0.3, -0.25) is 0 Å². The molecule has 0 atom stereocenters. The summed E-state index contributed by atoms with van der Waals surface area (Å²) in [6.07, 6.45) is 0.932. The van der Waals surface area contributed by atoms with Gasteiger partial charge >= 0.3 is 5.97 Å². The van der Waals surface area contributed by atoms with Gasteiger partial charge in [-0.05, 0) is 18.1 Å². The van der Waals surface area contributed by atoms with Crippen molar-refractivity contribution in [2.24, 2.45) is 5.92 Å². The zero-order valence-corrected chi connectivity index (χ0v) is 11.3. The number of nitrogen functional groups attached to an aromatic ring is 1. The summed E-state index contributed by atoms with van der Waals surface area (Å²) in [5, 5.41) is 13.9. The van der Waals surface area contributed by atoms with Crippen molar-refractivity contribution in [1.29, 1.82) is 0 Å². The average molecular weight is 257 g/mol. The number of nitrogens with zero attached hydrogens (tertiary/aromatic N) is 2. The van der Waals surface area contributed by atoms with Crippen LogP contribution < -0.4 is 5.73 Å². The topological polar surface area (TPSA) is 81.1 Å². The van der Waals surface area contributed by atoms with E-state index in [9.17, 15) is 4.79 Å². The van der Waals surface area contributed by atoms with Crippen molar-refractivity contribution >= 4 is 23.5 Å². The van der Waals surface area contributed by atoms with Crippen molar-refractivity contribution in [3.8, 4) is 0 Å². The molecule has 3 N–H and O–H groups in total. The number of carboxylic acids is 1. The highest BCUT2D eigenvalue weighted by atomic mass is 32.2. The highest BCUT2D eigenvalue weighted by molar-refractivity contribution is 7.99. The van der Waals surface area contributed by atoms with Gasteiger partial charge in [0.15, 0.2) is 0 Å². The van der Waals surface area contributed by atoms with Gasteiger partial charge in [-0.1, -0.05) is 20.8 Å².